The van der Waals surface area contributed by atoms with Gasteiger partial charge in [-0.1, -0.05) is 11.6 Å². The largest absolute Gasteiger partial charge is 0.497 e. The van der Waals surface area contributed by atoms with Gasteiger partial charge in [0.1, 0.15) is 5.75 Å². The Labute approximate surface area is 92.0 Å². The van der Waals surface area contributed by atoms with Crippen LogP contribution in [-0.2, 0) is 0 Å². The molecule has 0 fully saturated rings. The molecule has 0 saturated heterocycles. The van der Waals surface area contributed by atoms with E-state index in [1.807, 2.05) is 6.07 Å². The predicted octanol–water partition coefficient (Wildman–Crippen LogP) is 3.03. The summed E-state index contributed by atoms with van der Waals surface area (Å²) in [5.41, 5.74) is 1.37. The summed E-state index contributed by atoms with van der Waals surface area (Å²) in [7, 11) is 1.58. The summed E-state index contributed by atoms with van der Waals surface area (Å²) in [5.74, 6) is 0.658. The number of aromatic nitrogens is 1. The number of carbonyl (C=O) groups excluding carboxylic acids is 1. The average Bonchev–Trinajstić information content (AvgIpc) is 2.61. The summed E-state index contributed by atoms with van der Waals surface area (Å²) in [6.07, 6.45) is 0. The minimum Gasteiger partial charge on any atom is -0.497 e. The molecule has 0 atom stereocenters. The van der Waals surface area contributed by atoms with Crippen LogP contribution >= 0.6 is 11.6 Å². The average molecular weight is 224 g/mol. The Morgan fingerprint density at radius 3 is 2.73 bits per heavy atom. The molecule has 0 amide bonds. The van der Waals surface area contributed by atoms with Gasteiger partial charge in [-0.25, -0.2) is 0 Å². The van der Waals surface area contributed by atoms with Crippen LogP contribution in [0.4, 0.5) is 0 Å². The molecule has 0 aliphatic heterocycles. The van der Waals surface area contributed by atoms with Gasteiger partial charge >= 0.3 is 0 Å². The minimum absolute atomic E-state index is 0.0127. The lowest BCUT2D eigenvalue weighted by Crippen LogP contribution is -1.89. The van der Waals surface area contributed by atoms with E-state index in [1.165, 1.54) is 6.92 Å². The molecular weight excluding hydrogens is 214 g/mol. The van der Waals surface area contributed by atoms with Crippen LogP contribution in [0.15, 0.2) is 18.2 Å². The van der Waals surface area contributed by atoms with Crippen molar-refractivity contribution in [1.82, 2.24) is 4.98 Å². The molecule has 3 nitrogen and oxygen atoms in total. The van der Waals surface area contributed by atoms with E-state index in [0.717, 1.165) is 10.9 Å². The number of carbonyl (C=O) groups is 1. The fraction of sp³-hybridized carbons (Fsp3) is 0.182. The van der Waals surface area contributed by atoms with Crippen molar-refractivity contribution in [3.8, 4) is 5.75 Å². The summed E-state index contributed by atoms with van der Waals surface area (Å²) >= 11 is 6.05. The third-order valence-corrected chi connectivity index (χ3v) is 2.59. The molecule has 4 heteroatoms. The Morgan fingerprint density at radius 2 is 2.13 bits per heavy atom. The Hall–Kier alpha value is -1.48. The molecule has 1 heterocycles. The molecule has 2 rings (SSSR count). The number of fused-ring (bicyclic) bond motifs is 1. The smallest absolute Gasteiger partial charge is 0.175 e. The number of aromatic amines is 1. The zero-order valence-corrected chi connectivity index (χ0v) is 9.18. The van der Waals surface area contributed by atoms with E-state index in [4.69, 9.17) is 16.3 Å². The van der Waals surface area contributed by atoms with Gasteiger partial charge in [-0.05, 0) is 12.1 Å². The number of ketones is 1. The lowest BCUT2D eigenvalue weighted by molar-refractivity contribution is 0.101. The van der Waals surface area contributed by atoms with Crippen molar-refractivity contribution < 1.29 is 9.53 Å². The van der Waals surface area contributed by atoms with E-state index in [0.29, 0.717) is 16.5 Å². The predicted molar refractivity (Wildman–Crippen MR) is 59.9 cm³/mol. The lowest BCUT2D eigenvalue weighted by atomic mass is 10.2. The number of hydrogen-bond acceptors (Lipinski definition) is 2. The van der Waals surface area contributed by atoms with Gasteiger partial charge in [0.05, 0.1) is 23.3 Å². The fourth-order valence-corrected chi connectivity index (χ4v) is 1.74. The molecule has 0 radical (unpaired) electrons. The maximum Gasteiger partial charge on any atom is 0.175 e. The van der Waals surface area contributed by atoms with Crippen LogP contribution < -0.4 is 4.74 Å². The molecule has 0 saturated carbocycles. The summed E-state index contributed by atoms with van der Waals surface area (Å²) in [4.78, 5) is 14.2. The van der Waals surface area contributed by atoms with Crippen molar-refractivity contribution in [2.24, 2.45) is 0 Å². The molecular formula is C11H10ClNO2. The topological polar surface area (TPSA) is 42.1 Å². The number of rotatable bonds is 2. The maximum atomic E-state index is 11.2. The summed E-state index contributed by atoms with van der Waals surface area (Å²) in [6.45, 7) is 1.51. The highest BCUT2D eigenvalue weighted by molar-refractivity contribution is 6.35. The van der Waals surface area contributed by atoms with Crippen LogP contribution in [0.3, 0.4) is 0 Å². The van der Waals surface area contributed by atoms with E-state index >= 15 is 0 Å². The second-order valence-electron chi connectivity index (χ2n) is 3.31. The van der Waals surface area contributed by atoms with Crippen LogP contribution in [0.1, 0.15) is 17.4 Å². The Kier molecular flexibility index (Phi) is 2.40. The standard InChI is InChI=1S/C11H10ClNO2/c1-6(14)10-5-8-9(12)3-7(15-2)4-11(8)13-10/h3-5,13H,1-2H3. The van der Waals surface area contributed by atoms with E-state index in [2.05, 4.69) is 4.98 Å². The van der Waals surface area contributed by atoms with Gasteiger partial charge in [0.15, 0.2) is 5.78 Å². The van der Waals surface area contributed by atoms with Crippen molar-refractivity contribution >= 4 is 28.3 Å². The molecule has 1 aromatic carbocycles. The van der Waals surface area contributed by atoms with Crippen LogP contribution in [-0.4, -0.2) is 17.9 Å². The molecule has 1 N–H and O–H groups in total. The highest BCUT2D eigenvalue weighted by atomic mass is 35.5. The van der Waals surface area contributed by atoms with Crippen molar-refractivity contribution in [3.05, 3.63) is 28.9 Å². The van der Waals surface area contributed by atoms with Gasteiger partial charge in [-0.3, -0.25) is 4.79 Å². The van der Waals surface area contributed by atoms with E-state index in [1.54, 1.807) is 19.2 Å². The molecule has 1 aromatic heterocycles. The third kappa shape index (κ3) is 1.70. The van der Waals surface area contributed by atoms with Crippen molar-refractivity contribution in [1.29, 1.82) is 0 Å². The highest BCUT2D eigenvalue weighted by Crippen LogP contribution is 2.29. The number of hydrogen-bond donors (Lipinski definition) is 1. The third-order valence-electron chi connectivity index (χ3n) is 2.28. The Morgan fingerprint density at radius 1 is 1.40 bits per heavy atom. The number of nitrogens with one attached hydrogen (secondary N) is 1. The van der Waals surface area contributed by atoms with E-state index in [-0.39, 0.29) is 5.78 Å². The Balaban J connectivity index is 2.69. The lowest BCUT2D eigenvalue weighted by Gasteiger charge is -2.00. The van der Waals surface area contributed by atoms with Gasteiger partial charge < -0.3 is 9.72 Å². The van der Waals surface area contributed by atoms with Crippen molar-refractivity contribution in [2.45, 2.75) is 6.92 Å². The monoisotopic (exact) mass is 223 g/mol. The first kappa shape index (κ1) is 10.1. The molecule has 2 aromatic rings. The number of Topliss-reactive ketones (excluding diaryl/α,β-unsaturated/α-hetero) is 1. The molecule has 0 aliphatic carbocycles. The maximum absolute atomic E-state index is 11.2. The SMILES string of the molecule is COc1cc(Cl)c2cc(C(C)=O)[nH]c2c1. The number of H-pyrrole nitrogens is 1. The van der Waals surface area contributed by atoms with Gasteiger partial charge in [0, 0.05) is 18.4 Å². The molecule has 0 spiro atoms. The van der Waals surface area contributed by atoms with Gasteiger partial charge in [-0.15, -0.1) is 0 Å². The molecule has 15 heavy (non-hydrogen) atoms. The first-order valence-corrected chi connectivity index (χ1v) is 4.87. The van der Waals surface area contributed by atoms with Gasteiger partial charge in [-0.2, -0.15) is 0 Å². The second-order valence-corrected chi connectivity index (χ2v) is 3.72. The second kappa shape index (κ2) is 3.59. The van der Waals surface area contributed by atoms with E-state index < -0.39 is 0 Å². The zero-order chi connectivity index (χ0) is 11.0. The van der Waals surface area contributed by atoms with Crippen molar-refractivity contribution in [2.75, 3.05) is 7.11 Å². The zero-order valence-electron chi connectivity index (χ0n) is 8.43. The molecule has 0 bridgehead atoms. The highest BCUT2D eigenvalue weighted by Gasteiger charge is 2.09. The van der Waals surface area contributed by atoms with Crippen LogP contribution in [0.2, 0.25) is 5.02 Å². The van der Waals surface area contributed by atoms with Crippen LogP contribution in [0.5, 0.6) is 5.75 Å². The van der Waals surface area contributed by atoms with Gasteiger partial charge in [0.25, 0.3) is 0 Å². The molecule has 0 aliphatic rings. The summed E-state index contributed by atoms with van der Waals surface area (Å²) < 4.78 is 5.08. The first-order valence-electron chi connectivity index (χ1n) is 4.49. The molecule has 78 valence electrons. The summed E-state index contributed by atoms with van der Waals surface area (Å²) in [5, 5.41) is 1.41. The summed E-state index contributed by atoms with van der Waals surface area (Å²) in [6, 6.07) is 5.29. The van der Waals surface area contributed by atoms with E-state index in [9.17, 15) is 4.79 Å². The van der Waals surface area contributed by atoms with Crippen LogP contribution in [0, 0.1) is 0 Å². The van der Waals surface area contributed by atoms with Gasteiger partial charge in [0.2, 0.25) is 0 Å². The number of ether oxygens (including phenoxy) is 1. The quantitative estimate of drug-likeness (QED) is 0.796. The number of benzene rings is 1. The number of methoxy groups -OCH3 is 1. The van der Waals surface area contributed by atoms with Crippen molar-refractivity contribution in [3.63, 3.8) is 0 Å². The Bertz CT molecular complexity index is 531. The molecule has 0 unspecified atom stereocenters. The first-order chi connectivity index (χ1) is 7.11. The number of halogens is 1. The van der Waals surface area contributed by atoms with Crippen LogP contribution in [0.25, 0.3) is 10.9 Å². The minimum atomic E-state index is -0.0127. The normalized spacial score (nSPS) is 10.6. The fourth-order valence-electron chi connectivity index (χ4n) is 1.48.